The van der Waals surface area contributed by atoms with E-state index in [0.717, 1.165) is 11.6 Å². The summed E-state index contributed by atoms with van der Waals surface area (Å²) in [5.41, 5.74) is 2.11. The van der Waals surface area contributed by atoms with Gasteiger partial charge in [0.05, 0.1) is 16.2 Å². The summed E-state index contributed by atoms with van der Waals surface area (Å²) in [5, 5.41) is 7.37. The maximum absolute atomic E-state index is 13.4. The molecule has 0 aliphatic heterocycles. The molecule has 0 spiro atoms. The van der Waals surface area contributed by atoms with E-state index in [1.807, 2.05) is 30.3 Å². The van der Waals surface area contributed by atoms with Crippen LogP contribution in [0.3, 0.4) is 0 Å². The van der Waals surface area contributed by atoms with Crippen LogP contribution in [0.1, 0.15) is 16.1 Å². The van der Waals surface area contributed by atoms with Crippen molar-refractivity contribution in [3.63, 3.8) is 0 Å². The maximum atomic E-state index is 13.4. The summed E-state index contributed by atoms with van der Waals surface area (Å²) in [6.45, 7) is 0.139. The van der Waals surface area contributed by atoms with E-state index < -0.39 is 21.9 Å². The lowest BCUT2D eigenvalue weighted by atomic mass is 10.2. The third-order valence-electron chi connectivity index (χ3n) is 4.79. The molecule has 0 saturated heterocycles. The molecule has 0 saturated carbocycles. The number of hydrogen-bond acceptors (Lipinski definition) is 4. The van der Waals surface area contributed by atoms with Crippen LogP contribution in [0.15, 0.2) is 66.7 Å². The summed E-state index contributed by atoms with van der Waals surface area (Å²) in [7, 11) is -2.23. The Hall–Kier alpha value is -3.47. The largest absolute Gasteiger partial charge is 0.321 e. The molecule has 4 aromatic rings. The molecule has 0 atom stereocenters. The fraction of sp³-hybridized carbons (Fsp3) is 0.0909. The van der Waals surface area contributed by atoms with Crippen molar-refractivity contribution in [3.8, 4) is 0 Å². The van der Waals surface area contributed by atoms with Crippen LogP contribution in [0.2, 0.25) is 5.02 Å². The second kappa shape index (κ2) is 9.18. The lowest BCUT2D eigenvalue weighted by molar-refractivity contribution is 0.101. The van der Waals surface area contributed by atoms with Crippen molar-refractivity contribution < 1.29 is 17.6 Å². The Morgan fingerprint density at radius 2 is 1.79 bits per heavy atom. The molecule has 0 radical (unpaired) electrons. The zero-order chi connectivity index (χ0) is 23.6. The van der Waals surface area contributed by atoms with Crippen LogP contribution in [0, 0.1) is 5.82 Å². The Kier molecular flexibility index (Phi) is 6.32. The van der Waals surface area contributed by atoms with Crippen molar-refractivity contribution in [1.29, 1.82) is 0 Å². The van der Waals surface area contributed by atoms with Crippen LogP contribution in [0.25, 0.3) is 10.9 Å². The summed E-state index contributed by atoms with van der Waals surface area (Å²) >= 11 is 5.77. The molecule has 0 fully saturated rings. The van der Waals surface area contributed by atoms with Gasteiger partial charge in [0.1, 0.15) is 11.5 Å². The Bertz CT molecular complexity index is 1440. The van der Waals surface area contributed by atoms with Crippen molar-refractivity contribution in [2.24, 2.45) is 7.05 Å². The SMILES string of the molecule is Cn1nc2cc(NS(=O)(=O)NCc3ccccc3)ccc2c1C(=O)Nc1ccc(F)c(Cl)c1. The van der Waals surface area contributed by atoms with E-state index in [2.05, 4.69) is 19.9 Å². The Labute approximate surface area is 194 Å². The van der Waals surface area contributed by atoms with Gasteiger partial charge < -0.3 is 5.32 Å². The smallest absolute Gasteiger partial charge is 0.299 e. The number of anilines is 2. The van der Waals surface area contributed by atoms with Crippen molar-refractivity contribution in [1.82, 2.24) is 14.5 Å². The average Bonchev–Trinajstić information content (AvgIpc) is 3.10. The average molecular weight is 488 g/mol. The number of aromatic nitrogens is 2. The first-order chi connectivity index (χ1) is 15.7. The Morgan fingerprint density at radius 3 is 2.52 bits per heavy atom. The number of aryl methyl sites for hydroxylation is 1. The Morgan fingerprint density at radius 1 is 1.06 bits per heavy atom. The van der Waals surface area contributed by atoms with E-state index >= 15 is 0 Å². The summed E-state index contributed by atoms with van der Waals surface area (Å²) < 4.78 is 44.5. The second-order valence-corrected chi connectivity index (χ2v) is 9.11. The molecule has 4 rings (SSSR count). The van der Waals surface area contributed by atoms with E-state index in [4.69, 9.17) is 11.6 Å². The van der Waals surface area contributed by atoms with E-state index in [-0.39, 0.29) is 17.3 Å². The molecule has 0 aliphatic rings. The minimum absolute atomic E-state index is 0.111. The van der Waals surface area contributed by atoms with Crippen LogP contribution in [-0.4, -0.2) is 24.1 Å². The number of rotatable bonds is 7. The van der Waals surface area contributed by atoms with Gasteiger partial charge in [-0.05, 0) is 42.0 Å². The van der Waals surface area contributed by atoms with Crippen LogP contribution in [-0.2, 0) is 23.8 Å². The molecule has 3 aromatic carbocycles. The lowest BCUT2D eigenvalue weighted by Gasteiger charge is -2.09. The van der Waals surface area contributed by atoms with Crippen LogP contribution >= 0.6 is 11.6 Å². The highest BCUT2D eigenvalue weighted by molar-refractivity contribution is 7.90. The molecule has 0 aliphatic carbocycles. The van der Waals surface area contributed by atoms with Crippen molar-refractivity contribution in [2.75, 3.05) is 10.0 Å². The molecule has 3 N–H and O–H groups in total. The van der Waals surface area contributed by atoms with Crippen LogP contribution < -0.4 is 14.8 Å². The maximum Gasteiger partial charge on any atom is 0.299 e. The number of fused-ring (bicyclic) bond motifs is 1. The minimum atomic E-state index is -3.83. The predicted octanol–water partition coefficient (Wildman–Crippen LogP) is 4.06. The molecule has 8 nitrogen and oxygen atoms in total. The Balaban J connectivity index is 1.52. The quantitative estimate of drug-likeness (QED) is 0.365. The zero-order valence-electron chi connectivity index (χ0n) is 17.3. The molecule has 11 heteroatoms. The molecule has 1 aromatic heterocycles. The first-order valence-electron chi connectivity index (χ1n) is 9.76. The highest BCUT2D eigenvalue weighted by Crippen LogP contribution is 2.24. The van der Waals surface area contributed by atoms with Crippen molar-refractivity contribution >= 4 is 50.0 Å². The van der Waals surface area contributed by atoms with Crippen LogP contribution in [0.4, 0.5) is 15.8 Å². The van der Waals surface area contributed by atoms with Gasteiger partial charge in [-0.2, -0.15) is 18.2 Å². The van der Waals surface area contributed by atoms with Gasteiger partial charge in [0.2, 0.25) is 0 Å². The molecule has 0 bridgehead atoms. The number of nitrogens with zero attached hydrogens (tertiary/aromatic N) is 2. The third-order valence-corrected chi connectivity index (χ3v) is 6.11. The molecular weight excluding hydrogens is 469 g/mol. The van der Waals surface area contributed by atoms with Gasteiger partial charge >= 0.3 is 0 Å². The van der Waals surface area contributed by atoms with Crippen molar-refractivity contribution in [2.45, 2.75) is 6.54 Å². The summed E-state index contributed by atoms with van der Waals surface area (Å²) in [5.74, 6) is -1.06. The van der Waals surface area contributed by atoms with Gasteiger partial charge in [-0.3, -0.25) is 14.2 Å². The normalized spacial score (nSPS) is 11.5. The molecule has 1 amide bonds. The van der Waals surface area contributed by atoms with E-state index in [0.29, 0.717) is 22.3 Å². The zero-order valence-corrected chi connectivity index (χ0v) is 18.9. The number of carbonyl (C=O) groups excluding carboxylic acids is 1. The van der Waals surface area contributed by atoms with Crippen LogP contribution in [0.5, 0.6) is 0 Å². The highest BCUT2D eigenvalue weighted by atomic mass is 35.5. The van der Waals surface area contributed by atoms with Gasteiger partial charge in [-0.15, -0.1) is 0 Å². The lowest BCUT2D eigenvalue weighted by Crippen LogP contribution is -2.29. The van der Waals surface area contributed by atoms with Gasteiger partial charge in [-0.25, -0.2) is 4.39 Å². The topological polar surface area (TPSA) is 105 Å². The van der Waals surface area contributed by atoms with Gasteiger partial charge in [0.15, 0.2) is 0 Å². The van der Waals surface area contributed by atoms with Gasteiger partial charge in [-0.1, -0.05) is 41.9 Å². The standard InChI is InChI=1S/C22H19ClFN5O3S/c1-29-21(22(30)26-15-8-10-19(24)18(23)11-15)17-9-7-16(12-20(17)27-29)28-33(31,32)25-13-14-5-3-2-4-6-14/h2-12,25,28H,13H2,1H3,(H,26,30). The number of benzene rings is 3. The first kappa shape index (κ1) is 22.7. The summed E-state index contributed by atoms with van der Waals surface area (Å²) in [6.07, 6.45) is 0. The first-order valence-corrected chi connectivity index (χ1v) is 11.6. The predicted molar refractivity (Wildman–Crippen MR) is 126 cm³/mol. The number of nitrogens with one attached hydrogen (secondary N) is 3. The van der Waals surface area contributed by atoms with E-state index in [1.165, 1.54) is 28.9 Å². The molecule has 0 unspecified atom stereocenters. The third kappa shape index (κ3) is 5.30. The minimum Gasteiger partial charge on any atom is -0.321 e. The van der Waals surface area contributed by atoms with Gasteiger partial charge in [0.25, 0.3) is 16.1 Å². The number of hydrogen-bond donors (Lipinski definition) is 3. The molecule has 33 heavy (non-hydrogen) atoms. The summed E-state index contributed by atoms with van der Waals surface area (Å²) in [4.78, 5) is 12.8. The molecule has 170 valence electrons. The number of amides is 1. The fourth-order valence-electron chi connectivity index (χ4n) is 3.26. The monoisotopic (exact) mass is 487 g/mol. The number of halogens is 2. The molecule has 1 heterocycles. The fourth-order valence-corrected chi connectivity index (χ4v) is 4.31. The number of carbonyl (C=O) groups is 1. The van der Waals surface area contributed by atoms with Gasteiger partial charge in [0, 0.05) is 24.7 Å². The highest BCUT2D eigenvalue weighted by Gasteiger charge is 2.18. The molecular formula is C22H19ClFN5O3S. The summed E-state index contributed by atoms with van der Waals surface area (Å²) in [6, 6.07) is 17.7. The van der Waals surface area contributed by atoms with E-state index in [9.17, 15) is 17.6 Å². The van der Waals surface area contributed by atoms with E-state index in [1.54, 1.807) is 13.1 Å². The van der Waals surface area contributed by atoms with Crippen molar-refractivity contribution in [3.05, 3.63) is 88.8 Å². The second-order valence-electron chi connectivity index (χ2n) is 7.20.